The molecule has 3 aliphatic heterocycles. The molecule has 2 aromatic carbocycles. The monoisotopic (exact) mass is 740 g/mol. The lowest BCUT2D eigenvalue weighted by Crippen LogP contribution is -2.49. The van der Waals surface area contributed by atoms with Crippen LogP contribution in [0.5, 0.6) is 5.75 Å². The first-order valence-corrected chi connectivity index (χ1v) is 20.9. The summed E-state index contributed by atoms with van der Waals surface area (Å²) in [6.07, 6.45) is 13.7. The van der Waals surface area contributed by atoms with Gasteiger partial charge in [0.05, 0.1) is 30.3 Å². The van der Waals surface area contributed by atoms with Gasteiger partial charge in [-0.15, -0.1) is 0 Å². The Morgan fingerprint density at radius 3 is 2.71 bits per heavy atom. The van der Waals surface area contributed by atoms with E-state index < -0.39 is 21.2 Å². The minimum absolute atomic E-state index is 0.0954. The summed E-state index contributed by atoms with van der Waals surface area (Å²) in [4.78, 5) is 15.9. The Balaban J connectivity index is 1.18. The topological polar surface area (TPSA) is 103 Å². The van der Waals surface area contributed by atoms with Crippen LogP contribution in [-0.4, -0.2) is 71.5 Å². The van der Waals surface area contributed by atoms with Crippen LogP contribution in [0.3, 0.4) is 0 Å². The lowest BCUT2D eigenvalue weighted by atomic mass is 9.68. The van der Waals surface area contributed by atoms with Crippen LogP contribution in [-0.2, 0) is 36.1 Å². The van der Waals surface area contributed by atoms with Gasteiger partial charge in [-0.1, -0.05) is 36.7 Å². The zero-order valence-electron chi connectivity index (χ0n) is 30.0. The molecule has 1 saturated heterocycles. The van der Waals surface area contributed by atoms with Crippen molar-refractivity contribution in [2.75, 3.05) is 44.4 Å². The van der Waals surface area contributed by atoms with Crippen molar-refractivity contribution in [1.82, 2.24) is 4.72 Å². The van der Waals surface area contributed by atoms with Gasteiger partial charge in [-0.05, 0) is 130 Å². The number of nitrogens with zero attached hydrogens (tertiary/aromatic N) is 1. The van der Waals surface area contributed by atoms with Gasteiger partial charge in [0.25, 0.3) is 5.91 Å². The summed E-state index contributed by atoms with van der Waals surface area (Å²) in [6.45, 7) is 7.52. The van der Waals surface area contributed by atoms with Gasteiger partial charge in [-0.3, -0.25) is 4.79 Å². The molecule has 7 atom stereocenters. The molecule has 7 rings (SSSR count). The summed E-state index contributed by atoms with van der Waals surface area (Å²) in [6, 6.07) is 11.6. The Hall–Kier alpha value is -2.63. The molecule has 1 spiro atoms. The molecule has 0 aromatic heterocycles. The number of carbonyl (C=O) groups is 1. The van der Waals surface area contributed by atoms with Gasteiger partial charge in [-0.2, -0.15) is 0 Å². The number of nitrogens with one attached hydrogen (secondary N) is 1. The van der Waals surface area contributed by atoms with Crippen LogP contribution in [0, 0.1) is 17.8 Å². The first-order valence-electron chi connectivity index (χ1n) is 19.0. The Labute approximate surface area is 308 Å². The number of amides is 1. The zero-order chi connectivity index (χ0) is 35.6. The molecule has 0 unspecified atom stereocenters. The molecule has 2 bridgehead atoms. The van der Waals surface area contributed by atoms with E-state index in [1.54, 1.807) is 13.0 Å². The Kier molecular flexibility index (Phi) is 11.4. The summed E-state index contributed by atoms with van der Waals surface area (Å²) < 4.78 is 54.3. The lowest BCUT2D eigenvalue weighted by molar-refractivity contribution is -0.164. The van der Waals surface area contributed by atoms with Crippen molar-refractivity contribution in [3.8, 4) is 5.75 Å². The summed E-state index contributed by atoms with van der Waals surface area (Å²) in [5.74, 6) is 0.554. The molecule has 278 valence electrons. The highest BCUT2D eigenvalue weighted by Gasteiger charge is 2.44. The third kappa shape index (κ3) is 8.15. The molecule has 1 N–H and O–H groups in total. The molecule has 1 saturated carbocycles. The van der Waals surface area contributed by atoms with Crippen LogP contribution >= 0.6 is 11.6 Å². The molecule has 11 heteroatoms. The second-order valence-corrected chi connectivity index (χ2v) is 17.9. The zero-order valence-corrected chi connectivity index (χ0v) is 31.6. The average Bonchev–Trinajstić information content (AvgIpc) is 3.25. The van der Waals surface area contributed by atoms with Crippen LogP contribution < -0.4 is 14.4 Å². The Morgan fingerprint density at radius 2 is 1.90 bits per heavy atom. The van der Waals surface area contributed by atoms with Crippen molar-refractivity contribution in [2.45, 2.75) is 101 Å². The maximum atomic E-state index is 13.5. The maximum Gasteiger partial charge on any atom is 0.264 e. The highest BCUT2D eigenvalue weighted by molar-refractivity contribution is 7.90. The number of benzene rings is 2. The highest BCUT2D eigenvalue weighted by Crippen LogP contribution is 2.47. The second-order valence-electron chi connectivity index (χ2n) is 15.5. The minimum atomic E-state index is -3.93. The third-order valence-corrected chi connectivity index (χ3v) is 14.2. The molecule has 0 radical (unpaired) electrons. The maximum absolute atomic E-state index is 13.5. The summed E-state index contributed by atoms with van der Waals surface area (Å²) >= 11 is 6.47. The number of hydrogen-bond donors (Lipinski definition) is 1. The number of rotatable bonds is 6. The van der Waals surface area contributed by atoms with Crippen molar-refractivity contribution in [3.05, 3.63) is 70.3 Å². The first-order chi connectivity index (χ1) is 24.6. The predicted molar refractivity (Wildman–Crippen MR) is 199 cm³/mol. The van der Waals surface area contributed by atoms with E-state index in [0.29, 0.717) is 49.4 Å². The van der Waals surface area contributed by atoms with E-state index in [1.165, 1.54) is 11.1 Å². The fourth-order valence-corrected chi connectivity index (χ4v) is 10.1. The lowest BCUT2D eigenvalue weighted by Gasteiger charge is -2.46. The molecule has 5 aliphatic rings. The molecule has 51 heavy (non-hydrogen) atoms. The highest BCUT2D eigenvalue weighted by atomic mass is 35.5. The molecular weight excluding hydrogens is 688 g/mol. The van der Waals surface area contributed by atoms with Crippen LogP contribution in [0.25, 0.3) is 0 Å². The van der Waals surface area contributed by atoms with Crippen molar-refractivity contribution in [3.63, 3.8) is 0 Å². The van der Waals surface area contributed by atoms with Crippen molar-refractivity contribution in [2.24, 2.45) is 17.8 Å². The van der Waals surface area contributed by atoms with Gasteiger partial charge in [0, 0.05) is 42.3 Å². The number of carbonyl (C=O) groups excluding carboxylic acids is 1. The molecule has 3 heterocycles. The Morgan fingerprint density at radius 1 is 1.04 bits per heavy atom. The fraction of sp³-hybridized carbons (Fsp3) is 0.625. The summed E-state index contributed by atoms with van der Waals surface area (Å²) in [5, 5.41) is -0.0254. The van der Waals surface area contributed by atoms with Gasteiger partial charge in [0.2, 0.25) is 10.0 Å². The van der Waals surface area contributed by atoms with Gasteiger partial charge < -0.3 is 23.8 Å². The van der Waals surface area contributed by atoms with Gasteiger partial charge in [-0.25, -0.2) is 13.1 Å². The number of sulfonamides is 1. The van der Waals surface area contributed by atoms with Crippen molar-refractivity contribution >= 4 is 33.2 Å². The fourth-order valence-electron chi connectivity index (χ4n) is 8.66. The molecule has 1 amide bonds. The van der Waals surface area contributed by atoms with Crippen molar-refractivity contribution < 1.29 is 32.2 Å². The van der Waals surface area contributed by atoms with E-state index in [-0.39, 0.29) is 23.7 Å². The molecular formula is C40H53ClN2O7S. The Bertz CT molecular complexity index is 1700. The van der Waals surface area contributed by atoms with Gasteiger partial charge >= 0.3 is 0 Å². The van der Waals surface area contributed by atoms with E-state index in [0.717, 1.165) is 88.2 Å². The standard InChI is InChI=1S/C40H53ClN2O7S/c1-27-8-5-10-36(47-20-7-21-49-38-11-3-4-19-48-38)33-15-12-31(33)24-43-25-40(18-6-9-29-22-32(41)14-16-34(29)40)26-50-37-17-13-30(23-35(37)43)39(44)42-51(45,46)28(27)2/h5,10,13-14,16-17,22-23,27-28,31,33,36,38H,3-4,6-9,11-12,15,18-21,24-26H2,1-2H3,(H,42,44)/b10-5+/t27-,28+,31-,33+,36-,38+,40-/m0/s1. The number of aryl methyl sites for hydroxylation is 1. The van der Waals surface area contributed by atoms with Crippen LogP contribution in [0.15, 0.2) is 48.6 Å². The van der Waals surface area contributed by atoms with Crippen LogP contribution in [0.1, 0.15) is 93.1 Å². The largest absolute Gasteiger partial charge is 0.490 e. The first kappa shape index (κ1) is 36.7. The van der Waals surface area contributed by atoms with E-state index in [9.17, 15) is 13.2 Å². The van der Waals surface area contributed by atoms with E-state index in [1.807, 2.05) is 25.1 Å². The van der Waals surface area contributed by atoms with E-state index in [4.69, 9.17) is 30.5 Å². The van der Waals surface area contributed by atoms with Crippen molar-refractivity contribution in [1.29, 1.82) is 0 Å². The number of ether oxygens (including phenoxy) is 4. The summed E-state index contributed by atoms with van der Waals surface area (Å²) in [7, 11) is -3.93. The third-order valence-electron chi connectivity index (χ3n) is 12.1. The molecule has 9 nitrogen and oxygen atoms in total. The number of halogens is 1. The SMILES string of the molecule is C[C@@H]1[C@@H](C)C/C=C/[C@H](OCCCO[C@@H]2CCCCO2)[C@@H]2CC[C@H]2CN2C[C@@]3(CCCc4cc(Cl)ccc43)COc3ccc(cc32)C(=O)NS1(=O)=O. The molecule has 2 fully saturated rings. The second kappa shape index (κ2) is 15.8. The number of allylic oxidation sites excluding steroid dienone is 1. The number of anilines is 1. The quantitative estimate of drug-likeness (QED) is 0.245. The van der Waals surface area contributed by atoms with Gasteiger partial charge in [0.1, 0.15) is 5.75 Å². The van der Waals surface area contributed by atoms with E-state index >= 15 is 0 Å². The average molecular weight is 741 g/mol. The predicted octanol–water partition coefficient (Wildman–Crippen LogP) is 7.20. The minimum Gasteiger partial charge on any atom is -0.490 e. The van der Waals surface area contributed by atoms with Gasteiger partial charge in [0.15, 0.2) is 6.29 Å². The summed E-state index contributed by atoms with van der Waals surface area (Å²) in [5.41, 5.74) is 3.42. The van der Waals surface area contributed by atoms with E-state index in [2.05, 4.69) is 33.9 Å². The molecule has 2 aliphatic carbocycles. The smallest absolute Gasteiger partial charge is 0.264 e. The normalized spacial score (nSPS) is 32.8. The number of hydrogen-bond acceptors (Lipinski definition) is 8. The van der Waals surface area contributed by atoms with Crippen LogP contribution in [0.4, 0.5) is 5.69 Å². The number of fused-ring (bicyclic) bond motifs is 4. The molecule has 2 aromatic rings. The van der Waals surface area contributed by atoms with Crippen LogP contribution in [0.2, 0.25) is 5.02 Å².